The van der Waals surface area contributed by atoms with Crippen LogP contribution in [0.25, 0.3) is 11.3 Å². The molecule has 4 heterocycles. The number of piperidine rings is 2. The largest absolute Gasteiger partial charge is 0.466 e. The summed E-state index contributed by atoms with van der Waals surface area (Å²) in [6.45, 7) is 10.3. The number of anilines is 1. The number of rotatable bonds is 10. The number of ether oxygens (including phenoxy) is 2. The molecule has 1 unspecified atom stereocenters. The van der Waals surface area contributed by atoms with Gasteiger partial charge >= 0.3 is 5.97 Å². The Labute approximate surface area is 262 Å². The van der Waals surface area contributed by atoms with Crippen LogP contribution in [0.2, 0.25) is 5.02 Å². The standard InChI is InChI=1S/C32H40ClN5O4S/c1-5-42-31(40)22-9-13-38(14-10-22)28-18-34-25(17-35-28)26(39)16-29-36-30(23-7-8-24(33)21(2)15-23)27(43-29)19-37-12-6-11-32(3,20-37)41-4/h7-8,15,17-18,22H,5-6,9-14,16,19-20H2,1-4H3. The van der Waals surface area contributed by atoms with Crippen LogP contribution < -0.4 is 4.90 Å². The smallest absolute Gasteiger partial charge is 0.309 e. The number of carbonyl (C=O) groups is 2. The number of halogens is 1. The first-order valence-corrected chi connectivity index (χ1v) is 16.2. The Balaban J connectivity index is 1.29. The lowest BCUT2D eigenvalue weighted by atomic mass is 9.94. The van der Waals surface area contributed by atoms with Gasteiger partial charge in [-0.05, 0) is 70.7 Å². The number of aryl methyl sites for hydroxylation is 1. The molecule has 0 N–H and O–H groups in total. The van der Waals surface area contributed by atoms with Crippen molar-refractivity contribution in [3.05, 3.63) is 56.8 Å². The van der Waals surface area contributed by atoms with Crippen LogP contribution in [0.1, 0.15) is 65.5 Å². The minimum atomic E-state index is -0.166. The van der Waals surface area contributed by atoms with Crippen molar-refractivity contribution in [3.63, 3.8) is 0 Å². The Hall–Kier alpha value is -2.92. The van der Waals surface area contributed by atoms with E-state index in [0.29, 0.717) is 49.1 Å². The Kier molecular flexibility index (Phi) is 10.1. The predicted molar refractivity (Wildman–Crippen MR) is 169 cm³/mol. The summed E-state index contributed by atoms with van der Waals surface area (Å²) in [5, 5.41) is 1.47. The number of Topliss-reactive ketones (excluding diaryl/α,β-unsaturated/α-hetero) is 1. The van der Waals surface area contributed by atoms with Gasteiger partial charge in [0.25, 0.3) is 0 Å². The maximum Gasteiger partial charge on any atom is 0.309 e. The van der Waals surface area contributed by atoms with Crippen molar-refractivity contribution in [2.45, 2.75) is 65.0 Å². The van der Waals surface area contributed by atoms with Crippen LogP contribution in [-0.4, -0.2) is 77.1 Å². The zero-order chi connectivity index (χ0) is 30.6. The van der Waals surface area contributed by atoms with Gasteiger partial charge in [0.05, 0.1) is 42.6 Å². The molecule has 2 fully saturated rings. The summed E-state index contributed by atoms with van der Waals surface area (Å²) in [5.74, 6) is 0.386. The highest BCUT2D eigenvalue weighted by Crippen LogP contribution is 2.34. The van der Waals surface area contributed by atoms with E-state index in [1.807, 2.05) is 26.0 Å². The maximum atomic E-state index is 13.3. The molecule has 0 aliphatic carbocycles. The van der Waals surface area contributed by atoms with Crippen molar-refractivity contribution >= 4 is 40.5 Å². The molecular weight excluding hydrogens is 586 g/mol. The maximum absolute atomic E-state index is 13.3. The van der Waals surface area contributed by atoms with Crippen molar-refractivity contribution in [1.82, 2.24) is 19.9 Å². The van der Waals surface area contributed by atoms with Crippen molar-refractivity contribution in [1.29, 1.82) is 0 Å². The fraction of sp³-hybridized carbons (Fsp3) is 0.531. The first kappa shape index (κ1) is 31.5. The van der Waals surface area contributed by atoms with Crippen molar-refractivity contribution in [2.75, 3.05) is 44.8 Å². The Morgan fingerprint density at radius 2 is 1.95 bits per heavy atom. The van der Waals surface area contributed by atoms with Crippen LogP contribution in [-0.2, 0) is 27.2 Å². The second kappa shape index (κ2) is 13.8. The predicted octanol–water partition coefficient (Wildman–Crippen LogP) is 5.77. The molecule has 230 valence electrons. The third kappa shape index (κ3) is 7.60. The first-order valence-electron chi connectivity index (χ1n) is 15.0. The second-order valence-corrected chi connectivity index (χ2v) is 13.3. The number of hydrogen-bond acceptors (Lipinski definition) is 10. The van der Waals surface area contributed by atoms with Gasteiger partial charge in [0.15, 0.2) is 5.78 Å². The molecule has 3 aromatic rings. The number of esters is 1. The first-order chi connectivity index (χ1) is 20.7. The molecule has 2 aliphatic rings. The molecule has 11 heteroatoms. The molecule has 2 aromatic heterocycles. The molecule has 0 saturated carbocycles. The van der Waals surface area contributed by atoms with Gasteiger partial charge in [-0.15, -0.1) is 11.3 Å². The average Bonchev–Trinajstić information content (AvgIpc) is 3.40. The van der Waals surface area contributed by atoms with E-state index < -0.39 is 0 Å². The number of aromatic nitrogens is 3. The Morgan fingerprint density at radius 3 is 2.63 bits per heavy atom. The molecule has 0 amide bonds. The SMILES string of the molecule is CCOC(=O)C1CCN(c2cnc(C(=O)Cc3nc(-c4ccc(Cl)c(C)c4)c(CN4CCCC(C)(OC)C4)s3)cn2)CC1. The van der Waals surface area contributed by atoms with Gasteiger partial charge in [-0.3, -0.25) is 14.5 Å². The van der Waals surface area contributed by atoms with Crippen LogP contribution in [0.5, 0.6) is 0 Å². The molecular formula is C32H40ClN5O4S. The lowest BCUT2D eigenvalue weighted by Crippen LogP contribution is -2.46. The normalized spacial score (nSPS) is 19.9. The van der Waals surface area contributed by atoms with Crippen molar-refractivity contribution in [2.24, 2.45) is 5.92 Å². The van der Waals surface area contributed by atoms with E-state index in [0.717, 1.165) is 59.2 Å². The van der Waals surface area contributed by atoms with Gasteiger partial charge in [-0.1, -0.05) is 17.7 Å². The molecule has 1 aromatic carbocycles. The number of methoxy groups -OCH3 is 1. The summed E-state index contributed by atoms with van der Waals surface area (Å²) in [7, 11) is 1.78. The summed E-state index contributed by atoms with van der Waals surface area (Å²) in [4.78, 5) is 45.0. The number of benzene rings is 1. The van der Waals surface area contributed by atoms with E-state index in [9.17, 15) is 9.59 Å². The zero-order valence-corrected chi connectivity index (χ0v) is 27.0. The molecule has 0 bridgehead atoms. The Morgan fingerprint density at radius 1 is 1.16 bits per heavy atom. The van der Waals surface area contributed by atoms with Gasteiger partial charge in [0.1, 0.15) is 16.5 Å². The number of thiazole rings is 1. The lowest BCUT2D eigenvalue weighted by Gasteiger charge is -2.39. The molecule has 1 atom stereocenters. The summed E-state index contributed by atoms with van der Waals surface area (Å²) in [5.41, 5.74) is 3.03. The average molecular weight is 626 g/mol. The minimum Gasteiger partial charge on any atom is -0.466 e. The summed E-state index contributed by atoms with van der Waals surface area (Å²) < 4.78 is 11.0. The quantitative estimate of drug-likeness (QED) is 0.205. The number of carbonyl (C=O) groups excluding carboxylic acids is 2. The van der Waals surface area contributed by atoms with Gasteiger partial charge in [0, 0.05) is 48.8 Å². The highest BCUT2D eigenvalue weighted by molar-refractivity contribution is 7.12. The van der Waals surface area contributed by atoms with Gasteiger partial charge < -0.3 is 14.4 Å². The van der Waals surface area contributed by atoms with E-state index in [1.54, 1.807) is 30.8 Å². The highest BCUT2D eigenvalue weighted by atomic mass is 35.5. The van der Waals surface area contributed by atoms with E-state index in [4.69, 9.17) is 26.1 Å². The van der Waals surface area contributed by atoms with Crippen LogP contribution >= 0.6 is 22.9 Å². The fourth-order valence-corrected chi connectivity index (χ4v) is 7.12. The van der Waals surface area contributed by atoms with Gasteiger partial charge in [0.2, 0.25) is 0 Å². The molecule has 0 spiro atoms. The molecule has 5 rings (SSSR count). The molecule has 2 saturated heterocycles. The molecule has 43 heavy (non-hydrogen) atoms. The summed E-state index contributed by atoms with van der Waals surface area (Å²) >= 11 is 7.90. The zero-order valence-electron chi connectivity index (χ0n) is 25.4. The van der Waals surface area contributed by atoms with E-state index in [2.05, 4.69) is 32.8 Å². The van der Waals surface area contributed by atoms with Crippen molar-refractivity contribution in [3.8, 4) is 11.3 Å². The third-order valence-corrected chi connectivity index (χ3v) is 9.91. The highest BCUT2D eigenvalue weighted by Gasteiger charge is 2.32. The number of ketones is 1. The van der Waals surface area contributed by atoms with Crippen LogP contribution in [0, 0.1) is 12.8 Å². The molecule has 9 nitrogen and oxygen atoms in total. The number of hydrogen-bond donors (Lipinski definition) is 0. The van der Waals surface area contributed by atoms with E-state index in [1.165, 1.54) is 0 Å². The van der Waals surface area contributed by atoms with Crippen LogP contribution in [0.3, 0.4) is 0 Å². The van der Waals surface area contributed by atoms with Crippen LogP contribution in [0.15, 0.2) is 30.6 Å². The second-order valence-electron chi connectivity index (χ2n) is 11.7. The molecule has 2 aliphatic heterocycles. The number of nitrogens with zero attached hydrogens (tertiary/aromatic N) is 5. The topological polar surface area (TPSA) is 97.8 Å². The summed E-state index contributed by atoms with van der Waals surface area (Å²) in [6, 6.07) is 5.95. The van der Waals surface area contributed by atoms with E-state index >= 15 is 0 Å². The van der Waals surface area contributed by atoms with Crippen LogP contribution in [0.4, 0.5) is 5.82 Å². The summed E-state index contributed by atoms with van der Waals surface area (Å²) in [6.07, 6.45) is 6.89. The van der Waals surface area contributed by atoms with Gasteiger partial charge in [-0.25, -0.2) is 15.0 Å². The number of likely N-dealkylation sites (tertiary alicyclic amines) is 1. The van der Waals surface area contributed by atoms with Gasteiger partial charge in [-0.2, -0.15) is 0 Å². The van der Waals surface area contributed by atoms with Crippen molar-refractivity contribution < 1.29 is 19.1 Å². The third-order valence-electron chi connectivity index (χ3n) is 8.45. The minimum absolute atomic E-state index is 0.0747. The Bertz CT molecular complexity index is 1440. The fourth-order valence-electron chi connectivity index (χ4n) is 5.87. The molecule has 0 radical (unpaired) electrons. The monoisotopic (exact) mass is 625 g/mol. The van der Waals surface area contributed by atoms with E-state index in [-0.39, 0.29) is 29.7 Å². The lowest BCUT2D eigenvalue weighted by molar-refractivity contribution is -0.148.